The number of hydrogen-bond donors (Lipinski definition) is 2. The standard InChI is InChI=1S/C19H24F2N4O2S/c1-12(26)25(16-7-6-13(20)8-15(16)21)18-22-14(11-28-18)9-24(5)10-17(27)23-19(2,3)4/h6-8,11H,9-10H2,1-5H3,(H,23,27)/p+1. The van der Waals surface area contributed by atoms with Gasteiger partial charge < -0.3 is 10.2 Å². The number of nitrogens with one attached hydrogen (secondary N) is 2. The Kier molecular flexibility index (Phi) is 6.84. The largest absolute Gasteiger partial charge is 0.347 e. The van der Waals surface area contributed by atoms with Gasteiger partial charge in [0.05, 0.1) is 12.7 Å². The quantitative estimate of drug-likeness (QED) is 0.765. The smallest absolute Gasteiger partial charge is 0.275 e. The first-order chi connectivity index (χ1) is 13.0. The number of halogens is 2. The third-order valence-corrected chi connectivity index (χ3v) is 4.53. The number of rotatable bonds is 6. The van der Waals surface area contributed by atoms with E-state index in [0.717, 1.165) is 21.9 Å². The monoisotopic (exact) mass is 411 g/mol. The summed E-state index contributed by atoms with van der Waals surface area (Å²) in [6, 6.07) is 3.03. The number of anilines is 2. The van der Waals surface area contributed by atoms with Crippen molar-refractivity contribution >= 4 is 34.0 Å². The molecular weight excluding hydrogens is 386 g/mol. The molecule has 0 spiro atoms. The van der Waals surface area contributed by atoms with E-state index in [1.165, 1.54) is 24.3 Å². The SMILES string of the molecule is CC(=O)N(c1nc(C[NH+](C)CC(=O)NC(C)(C)C)cs1)c1ccc(F)cc1F. The topological polar surface area (TPSA) is 66.7 Å². The fraction of sp³-hybridized carbons (Fsp3) is 0.421. The van der Waals surface area contributed by atoms with Crippen molar-refractivity contribution in [1.29, 1.82) is 0 Å². The van der Waals surface area contributed by atoms with Gasteiger partial charge in [0.25, 0.3) is 5.91 Å². The lowest BCUT2D eigenvalue weighted by Gasteiger charge is -2.21. The van der Waals surface area contributed by atoms with Crippen LogP contribution >= 0.6 is 11.3 Å². The Morgan fingerprint density at radius 1 is 1.29 bits per heavy atom. The van der Waals surface area contributed by atoms with E-state index in [1.807, 2.05) is 27.8 Å². The molecule has 0 radical (unpaired) electrons. The van der Waals surface area contributed by atoms with Gasteiger partial charge in [0.15, 0.2) is 11.7 Å². The molecule has 2 rings (SSSR count). The highest BCUT2D eigenvalue weighted by Gasteiger charge is 2.23. The molecule has 0 saturated carbocycles. The van der Waals surface area contributed by atoms with Crippen LogP contribution in [0.25, 0.3) is 0 Å². The summed E-state index contributed by atoms with van der Waals surface area (Å²) in [5.41, 5.74) is 0.321. The molecule has 0 fully saturated rings. The van der Waals surface area contributed by atoms with Gasteiger partial charge in [0.2, 0.25) is 5.91 Å². The average Bonchev–Trinajstić information content (AvgIpc) is 2.95. The van der Waals surface area contributed by atoms with Gasteiger partial charge >= 0.3 is 0 Å². The van der Waals surface area contributed by atoms with Gasteiger partial charge in [-0.05, 0) is 32.9 Å². The number of quaternary nitrogens is 1. The Balaban J connectivity index is 2.12. The first-order valence-electron chi connectivity index (χ1n) is 8.78. The van der Waals surface area contributed by atoms with Crippen LogP contribution in [0.15, 0.2) is 23.6 Å². The van der Waals surface area contributed by atoms with Crippen molar-refractivity contribution in [2.75, 3.05) is 18.5 Å². The maximum Gasteiger partial charge on any atom is 0.275 e. The molecule has 0 bridgehead atoms. The van der Waals surface area contributed by atoms with Crippen LogP contribution < -0.4 is 15.1 Å². The summed E-state index contributed by atoms with van der Waals surface area (Å²) in [4.78, 5) is 30.5. The van der Waals surface area contributed by atoms with Crippen molar-refractivity contribution in [3.05, 3.63) is 40.9 Å². The number of likely N-dealkylation sites (N-methyl/N-ethyl adjacent to an activating group) is 1. The second-order valence-corrected chi connectivity index (χ2v) is 8.52. The minimum atomic E-state index is -0.839. The molecule has 0 saturated heterocycles. The molecule has 6 nitrogen and oxygen atoms in total. The zero-order valence-corrected chi connectivity index (χ0v) is 17.4. The van der Waals surface area contributed by atoms with Crippen LogP contribution in [-0.4, -0.2) is 35.9 Å². The highest BCUT2D eigenvalue weighted by atomic mass is 32.1. The van der Waals surface area contributed by atoms with Crippen molar-refractivity contribution in [2.24, 2.45) is 0 Å². The predicted octanol–water partition coefficient (Wildman–Crippen LogP) is 2.04. The van der Waals surface area contributed by atoms with Gasteiger partial charge in [-0.25, -0.2) is 13.8 Å². The Labute approximate surface area is 167 Å². The molecule has 9 heteroatoms. The lowest BCUT2D eigenvalue weighted by molar-refractivity contribution is -0.885. The van der Waals surface area contributed by atoms with Crippen molar-refractivity contribution in [3.63, 3.8) is 0 Å². The van der Waals surface area contributed by atoms with Crippen LogP contribution in [0.2, 0.25) is 0 Å². The number of amides is 2. The summed E-state index contributed by atoms with van der Waals surface area (Å²) >= 11 is 1.18. The van der Waals surface area contributed by atoms with E-state index in [2.05, 4.69) is 10.3 Å². The number of thiazole rings is 1. The second kappa shape index (κ2) is 8.74. The summed E-state index contributed by atoms with van der Waals surface area (Å²) in [7, 11) is 1.86. The van der Waals surface area contributed by atoms with Crippen LogP contribution in [0, 0.1) is 11.6 Å². The van der Waals surface area contributed by atoms with Crippen molar-refractivity contribution in [3.8, 4) is 0 Å². The summed E-state index contributed by atoms with van der Waals surface area (Å²) in [6.45, 7) is 7.77. The number of carbonyl (C=O) groups is 2. The van der Waals surface area contributed by atoms with E-state index >= 15 is 0 Å². The van der Waals surface area contributed by atoms with E-state index in [-0.39, 0.29) is 23.7 Å². The highest BCUT2D eigenvalue weighted by molar-refractivity contribution is 7.14. The molecule has 1 aromatic carbocycles. The average molecular weight is 411 g/mol. The third kappa shape index (κ3) is 6.07. The number of hydrogen-bond acceptors (Lipinski definition) is 4. The Hall–Kier alpha value is -2.39. The first kappa shape index (κ1) is 21.9. The number of benzene rings is 1. The van der Waals surface area contributed by atoms with Gasteiger partial charge in [0.1, 0.15) is 23.9 Å². The Bertz CT molecular complexity index is 864. The molecular formula is C19H25F2N4O2S+. The van der Waals surface area contributed by atoms with Gasteiger partial charge in [-0.2, -0.15) is 0 Å². The molecule has 1 unspecified atom stereocenters. The summed E-state index contributed by atoms with van der Waals surface area (Å²) < 4.78 is 27.3. The molecule has 0 aliphatic heterocycles. The highest BCUT2D eigenvalue weighted by Crippen LogP contribution is 2.31. The fourth-order valence-electron chi connectivity index (χ4n) is 2.66. The number of carbonyl (C=O) groups excluding carboxylic acids is 2. The van der Waals surface area contributed by atoms with E-state index in [9.17, 15) is 18.4 Å². The van der Waals surface area contributed by atoms with Crippen LogP contribution in [0.1, 0.15) is 33.4 Å². The summed E-state index contributed by atoms with van der Waals surface area (Å²) in [5, 5.41) is 4.96. The normalized spacial score (nSPS) is 12.5. The van der Waals surface area contributed by atoms with Crippen molar-refractivity contribution < 1.29 is 23.3 Å². The Morgan fingerprint density at radius 3 is 2.54 bits per heavy atom. The second-order valence-electron chi connectivity index (χ2n) is 7.68. The first-order valence-corrected chi connectivity index (χ1v) is 9.66. The van der Waals surface area contributed by atoms with Crippen molar-refractivity contribution in [2.45, 2.75) is 39.8 Å². The summed E-state index contributed by atoms with van der Waals surface area (Å²) in [5.74, 6) is -2.06. The van der Waals surface area contributed by atoms with Crippen LogP contribution in [0.3, 0.4) is 0 Å². The molecule has 28 heavy (non-hydrogen) atoms. The predicted molar refractivity (Wildman–Crippen MR) is 105 cm³/mol. The lowest BCUT2D eigenvalue weighted by atomic mass is 10.1. The third-order valence-electron chi connectivity index (χ3n) is 3.66. The molecule has 1 atom stereocenters. The van der Waals surface area contributed by atoms with Gasteiger partial charge in [-0.15, -0.1) is 11.3 Å². The molecule has 1 aromatic heterocycles. The van der Waals surface area contributed by atoms with Gasteiger partial charge in [-0.3, -0.25) is 14.5 Å². The number of aromatic nitrogens is 1. The Morgan fingerprint density at radius 2 is 1.96 bits per heavy atom. The van der Waals surface area contributed by atoms with Crippen LogP contribution in [0.4, 0.5) is 19.6 Å². The lowest BCUT2D eigenvalue weighted by Crippen LogP contribution is -3.09. The van der Waals surface area contributed by atoms with E-state index < -0.39 is 17.5 Å². The van der Waals surface area contributed by atoms with Crippen molar-refractivity contribution in [1.82, 2.24) is 10.3 Å². The molecule has 0 aliphatic rings. The van der Waals surface area contributed by atoms with Gasteiger partial charge in [-0.1, -0.05) is 0 Å². The molecule has 2 aromatic rings. The van der Waals surface area contributed by atoms with Crippen LogP contribution in [0.5, 0.6) is 0 Å². The van der Waals surface area contributed by atoms with E-state index in [4.69, 9.17) is 0 Å². The minimum Gasteiger partial charge on any atom is -0.347 e. The van der Waals surface area contributed by atoms with Gasteiger partial charge in [0, 0.05) is 23.9 Å². The molecule has 2 amide bonds. The maximum absolute atomic E-state index is 14.1. The summed E-state index contributed by atoms with van der Waals surface area (Å²) in [6.07, 6.45) is 0. The zero-order chi connectivity index (χ0) is 21.1. The van der Waals surface area contributed by atoms with Crippen LogP contribution in [-0.2, 0) is 16.1 Å². The van der Waals surface area contributed by atoms with E-state index in [0.29, 0.717) is 17.4 Å². The fourth-order valence-corrected chi connectivity index (χ4v) is 3.54. The minimum absolute atomic E-state index is 0.0555. The number of nitrogens with zero attached hydrogens (tertiary/aromatic N) is 2. The zero-order valence-electron chi connectivity index (χ0n) is 16.6. The molecule has 152 valence electrons. The molecule has 1 heterocycles. The van der Waals surface area contributed by atoms with E-state index in [1.54, 1.807) is 5.38 Å². The maximum atomic E-state index is 14.1. The molecule has 0 aliphatic carbocycles. The molecule has 2 N–H and O–H groups in total.